The monoisotopic (exact) mass is 399 g/mol. The van der Waals surface area contributed by atoms with E-state index in [1.807, 2.05) is 18.2 Å². The summed E-state index contributed by atoms with van der Waals surface area (Å²) in [7, 11) is 0. The minimum Gasteiger partial charge on any atom is -0.484 e. The fourth-order valence-corrected chi connectivity index (χ4v) is 2.74. The van der Waals surface area contributed by atoms with Crippen molar-refractivity contribution < 1.29 is 14.3 Å². The average molecular weight is 400 g/mol. The van der Waals surface area contributed by atoms with Gasteiger partial charge >= 0.3 is 0 Å². The zero-order valence-corrected chi connectivity index (χ0v) is 15.6. The van der Waals surface area contributed by atoms with Crippen molar-refractivity contribution >= 4 is 40.6 Å². The number of carbonyl (C=O) groups is 2. The minimum absolute atomic E-state index is 0.0736. The van der Waals surface area contributed by atoms with Crippen LogP contribution in [0.4, 0.5) is 5.69 Å². The van der Waals surface area contributed by atoms with Crippen LogP contribution in [0.2, 0.25) is 10.0 Å². The van der Waals surface area contributed by atoms with Crippen LogP contribution in [0.5, 0.6) is 5.75 Å². The van der Waals surface area contributed by atoms with E-state index >= 15 is 0 Å². The van der Waals surface area contributed by atoms with Gasteiger partial charge in [0.25, 0.3) is 5.91 Å². The number of ether oxygens (including phenoxy) is 1. The van der Waals surface area contributed by atoms with Crippen molar-refractivity contribution in [2.75, 3.05) is 11.9 Å². The van der Waals surface area contributed by atoms with Crippen LogP contribution in [0.1, 0.15) is 15.9 Å². The van der Waals surface area contributed by atoms with Crippen LogP contribution < -0.4 is 10.1 Å². The Hall–Kier alpha value is -2.82. The van der Waals surface area contributed by atoms with Gasteiger partial charge in [0.2, 0.25) is 0 Å². The van der Waals surface area contributed by atoms with Gasteiger partial charge in [-0.2, -0.15) is 0 Å². The Morgan fingerprint density at radius 1 is 0.815 bits per heavy atom. The predicted octanol–water partition coefficient (Wildman–Crippen LogP) is 5.24. The third-order valence-corrected chi connectivity index (χ3v) is 4.57. The Morgan fingerprint density at radius 3 is 2.19 bits per heavy atom. The molecule has 0 heterocycles. The van der Waals surface area contributed by atoms with E-state index in [0.29, 0.717) is 27.6 Å². The molecule has 27 heavy (non-hydrogen) atoms. The van der Waals surface area contributed by atoms with Crippen LogP contribution in [0.3, 0.4) is 0 Å². The van der Waals surface area contributed by atoms with Gasteiger partial charge in [-0.3, -0.25) is 9.59 Å². The van der Waals surface area contributed by atoms with Crippen LogP contribution in [0, 0.1) is 0 Å². The first-order chi connectivity index (χ1) is 13.0. The Bertz CT molecular complexity index is 957. The summed E-state index contributed by atoms with van der Waals surface area (Å²) in [5, 5.41) is 3.27. The second-order valence-electron chi connectivity index (χ2n) is 5.66. The molecule has 0 saturated carbocycles. The van der Waals surface area contributed by atoms with Crippen molar-refractivity contribution in [3.63, 3.8) is 0 Å². The fourth-order valence-electron chi connectivity index (χ4n) is 2.39. The first kappa shape index (κ1) is 19.0. The van der Waals surface area contributed by atoms with Crippen LogP contribution >= 0.6 is 23.2 Å². The molecule has 0 aromatic heterocycles. The summed E-state index contributed by atoms with van der Waals surface area (Å²) in [5.41, 5.74) is 1.58. The molecule has 0 fully saturated rings. The lowest BCUT2D eigenvalue weighted by molar-refractivity contribution is -0.118. The first-order valence-electron chi connectivity index (χ1n) is 8.11. The molecule has 4 nitrogen and oxygen atoms in total. The molecule has 3 rings (SSSR count). The van der Waals surface area contributed by atoms with Gasteiger partial charge in [-0.15, -0.1) is 0 Å². The van der Waals surface area contributed by atoms with E-state index in [1.54, 1.807) is 54.6 Å². The van der Waals surface area contributed by atoms with E-state index in [0.717, 1.165) is 0 Å². The number of carbonyl (C=O) groups excluding carboxylic acids is 2. The summed E-state index contributed by atoms with van der Waals surface area (Å²) >= 11 is 11.9. The molecule has 3 aromatic rings. The molecule has 0 saturated heterocycles. The van der Waals surface area contributed by atoms with E-state index in [1.165, 1.54) is 0 Å². The summed E-state index contributed by atoms with van der Waals surface area (Å²) in [5.74, 6) is 0.0334. The molecule has 1 amide bonds. The number of halogens is 2. The van der Waals surface area contributed by atoms with Gasteiger partial charge in [0, 0.05) is 11.1 Å². The van der Waals surface area contributed by atoms with Crippen molar-refractivity contribution in [1.29, 1.82) is 0 Å². The van der Waals surface area contributed by atoms with Crippen molar-refractivity contribution in [3.05, 3.63) is 94.0 Å². The van der Waals surface area contributed by atoms with Gasteiger partial charge in [-0.05, 0) is 36.4 Å². The smallest absolute Gasteiger partial charge is 0.262 e. The molecule has 136 valence electrons. The highest BCUT2D eigenvalue weighted by molar-refractivity contribution is 6.44. The average Bonchev–Trinajstić information content (AvgIpc) is 2.70. The number of nitrogens with one attached hydrogen (secondary N) is 1. The Morgan fingerprint density at radius 2 is 1.48 bits per heavy atom. The number of hydrogen-bond acceptors (Lipinski definition) is 3. The number of amides is 1. The second-order valence-corrected chi connectivity index (χ2v) is 6.44. The van der Waals surface area contributed by atoms with Crippen molar-refractivity contribution in [2.24, 2.45) is 0 Å². The molecule has 3 aromatic carbocycles. The summed E-state index contributed by atoms with van der Waals surface area (Å²) in [4.78, 5) is 24.4. The SMILES string of the molecule is O=C(COc1ccc(C(=O)c2ccccc2)cc1)Nc1cccc(Cl)c1Cl. The van der Waals surface area contributed by atoms with Gasteiger partial charge < -0.3 is 10.1 Å². The van der Waals surface area contributed by atoms with Crippen LogP contribution in [0.25, 0.3) is 0 Å². The normalized spacial score (nSPS) is 10.3. The molecule has 6 heteroatoms. The number of ketones is 1. The highest BCUT2D eigenvalue weighted by Gasteiger charge is 2.11. The topological polar surface area (TPSA) is 55.4 Å². The summed E-state index contributed by atoms with van der Waals surface area (Å²) in [6, 6.07) is 20.6. The second kappa shape index (κ2) is 8.71. The number of rotatable bonds is 6. The minimum atomic E-state index is -0.372. The molecular formula is C21H15Cl2NO3. The summed E-state index contributed by atoms with van der Waals surface area (Å²) in [6.07, 6.45) is 0. The highest BCUT2D eigenvalue weighted by atomic mass is 35.5. The summed E-state index contributed by atoms with van der Waals surface area (Å²) in [6.45, 7) is -0.200. The molecule has 1 N–H and O–H groups in total. The van der Waals surface area contributed by atoms with Gasteiger partial charge in [0.15, 0.2) is 12.4 Å². The van der Waals surface area contributed by atoms with E-state index < -0.39 is 0 Å². The zero-order chi connectivity index (χ0) is 19.2. The maximum atomic E-state index is 12.4. The molecular weight excluding hydrogens is 385 g/mol. The fraction of sp³-hybridized carbons (Fsp3) is 0.0476. The van der Waals surface area contributed by atoms with Gasteiger partial charge in [-0.1, -0.05) is 59.6 Å². The summed E-state index contributed by atoms with van der Waals surface area (Å²) < 4.78 is 5.45. The zero-order valence-electron chi connectivity index (χ0n) is 14.1. The molecule has 0 unspecified atom stereocenters. The lowest BCUT2D eigenvalue weighted by Gasteiger charge is -2.10. The molecule has 0 atom stereocenters. The Balaban J connectivity index is 1.58. The van der Waals surface area contributed by atoms with Gasteiger partial charge in [0.1, 0.15) is 5.75 Å². The maximum Gasteiger partial charge on any atom is 0.262 e. The number of hydrogen-bond donors (Lipinski definition) is 1. The van der Waals surface area contributed by atoms with Crippen LogP contribution in [-0.4, -0.2) is 18.3 Å². The Kier molecular flexibility index (Phi) is 6.12. The largest absolute Gasteiger partial charge is 0.484 e. The first-order valence-corrected chi connectivity index (χ1v) is 8.86. The molecule has 0 aliphatic rings. The third kappa shape index (κ3) is 4.88. The highest BCUT2D eigenvalue weighted by Crippen LogP contribution is 2.29. The number of benzene rings is 3. The molecule has 0 spiro atoms. The number of anilines is 1. The van der Waals surface area contributed by atoms with Crippen LogP contribution in [0.15, 0.2) is 72.8 Å². The standard InChI is InChI=1S/C21H15Cl2NO3/c22-17-7-4-8-18(20(17)23)24-19(25)13-27-16-11-9-15(10-12-16)21(26)14-5-2-1-3-6-14/h1-12H,13H2,(H,24,25). The predicted molar refractivity (Wildman–Crippen MR) is 107 cm³/mol. The van der Waals surface area contributed by atoms with E-state index in [9.17, 15) is 9.59 Å². The third-order valence-electron chi connectivity index (χ3n) is 3.75. The van der Waals surface area contributed by atoms with E-state index in [-0.39, 0.29) is 23.3 Å². The van der Waals surface area contributed by atoms with E-state index in [4.69, 9.17) is 27.9 Å². The Labute approximate surface area is 166 Å². The van der Waals surface area contributed by atoms with Crippen molar-refractivity contribution in [3.8, 4) is 5.75 Å². The van der Waals surface area contributed by atoms with Gasteiger partial charge in [-0.25, -0.2) is 0 Å². The molecule has 0 bridgehead atoms. The van der Waals surface area contributed by atoms with Crippen molar-refractivity contribution in [1.82, 2.24) is 0 Å². The lowest BCUT2D eigenvalue weighted by Crippen LogP contribution is -2.20. The lowest BCUT2D eigenvalue weighted by atomic mass is 10.0. The molecule has 0 radical (unpaired) electrons. The van der Waals surface area contributed by atoms with Crippen LogP contribution in [-0.2, 0) is 4.79 Å². The maximum absolute atomic E-state index is 12.4. The van der Waals surface area contributed by atoms with Crippen molar-refractivity contribution in [2.45, 2.75) is 0 Å². The van der Waals surface area contributed by atoms with Gasteiger partial charge in [0.05, 0.1) is 15.7 Å². The molecule has 0 aliphatic heterocycles. The molecule has 0 aliphatic carbocycles. The van der Waals surface area contributed by atoms with E-state index in [2.05, 4.69) is 5.32 Å². The quantitative estimate of drug-likeness (QED) is 0.576.